The summed E-state index contributed by atoms with van der Waals surface area (Å²) in [5.74, 6) is 0.881. The maximum atomic E-state index is 13.2. The molecule has 1 atom stereocenters. The fraction of sp³-hybridized carbons (Fsp3) is 0.292. The summed E-state index contributed by atoms with van der Waals surface area (Å²) in [7, 11) is 2.03. The van der Waals surface area contributed by atoms with E-state index in [1.807, 2.05) is 42.3 Å². The van der Waals surface area contributed by atoms with Gasteiger partial charge in [-0.15, -0.1) is 0 Å². The fourth-order valence-corrected chi connectivity index (χ4v) is 4.22. The Morgan fingerprint density at radius 1 is 1.00 bits per heavy atom. The van der Waals surface area contributed by atoms with Crippen LogP contribution in [0.15, 0.2) is 60.7 Å². The Morgan fingerprint density at radius 2 is 1.86 bits per heavy atom. The lowest BCUT2D eigenvalue weighted by molar-refractivity contribution is -0.0221. The topological polar surface area (TPSA) is 42.0 Å². The Labute approximate surface area is 170 Å². The number of amides is 1. The quantitative estimate of drug-likeness (QED) is 0.668. The molecule has 1 unspecified atom stereocenters. The Bertz CT molecular complexity index is 1060. The molecule has 1 saturated heterocycles. The zero-order valence-corrected chi connectivity index (χ0v) is 16.5. The van der Waals surface area contributed by atoms with E-state index in [0.717, 1.165) is 23.5 Å². The second-order valence-corrected chi connectivity index (χ2v) is 7.63. The lowest BCUT2D eigenvalue weighted by Crippen LogP contribution is -2.42. The predicted octanol–water partition coefficient (Wildman–Crippen LogP) is 3.88. The van der Waals surface area contributed by atoms with E-state index in [1.165, 1.54) is 10.8 Å². The van der Waals surface area contributed by atoms with E-state index in [9.17, 15) is 4.79 Å². The van der Waals surface area contributed by atoms with Crippen LogP contribution in [-0.2, 0) is 4.74 Å². The summed E-state index contributed by atoms with van der Waals surface area (Å²) in [6.07, 6.45) is -0.123. The highest BCUT2D eigenvalue weighted by molar-refractivity contribution is 5.96. The molecule has 0 radical (unpaired) electrons. The summed E-state index contributed by atoms with van der Waals surface area (Å²) in [4.78, 5) is 17.3. The maximum absolute atomic E-state index is 13.2. The van der Waals surface area contributed by atoms with Gasteiger partial charge in [0.15, 0.2) is 0 Å². The first kappa shape index (κ1) is 18.0. The summed E-state index contributed by atoms with van der Waals surface area (Å²) >= 11 is 0. The highest BCUT2D eigenvalue weighted by atomic mass is 16.5. The second kappa shape index (κ2) is 7.41. The van der Waals surface area contributed by atoms with Gasteiger partial charge in [-0.1, -0.05) is 42.5 Å². The molecule has 3 aromatic rings. The summed E-state index contributed by atoms with van der Waals surface area (Å²) in [5.41, 5.74) is 2.81. The number of hydrogen-bond donors (Lipinski definition) is 0. The van der Waals surface area contributed by atoms with E-state index in [2.05, 4.69) is 35.2 Å². The molecule has 0 aromatic heterocycles. The van der Waals surface area contributed by atoms with Crippen LogP contribution in [0.1, 0.15) is 22.0 Å². The van der Waals surface area contributed by atoms with Gasteiger partial charge in [0.1, 0.15) is 18.5 Å². The smallest absolute Gasteiger partial charge is 0.254 e. The highest BCUT2D eigenvalue weighted by Gasteiger charge is 2.28. The number of hydrogen-bond acceptors (Lipinski definition) is 4. The largest absolute Gasteiger partial charge is 0.490 e. The molecule has 1 amide bonds. The normalized spacial score (nSPS) is 19.0. The Morgan fingerprint density at radius 3 is 2.79 bits per heavy atom. The van der Waals surface area contributed by atoms with Crippen LogP contribution in [0.5, 0.6) is 5.75 Å². The van der Waals surface area contributed by atoms with E-state index >= 15 is 0 Å². The van der Waals surface area contributed by atoms with Crippen molar-refractivity contribution in [1.82, 2.24) is 4.90 Å². The van der Waals surface area contributed by atoms with Crippen molar-refractivity contribution in [1.29, 1.82) is 0 Å². The van der Waals surface area contributed by atoms with Crippen molar-refractivity contribution in [2.45, 2.75) is 6.10 Å². The number of nitrogens with zero attached hydrogens (tertiary/aromatic N) is 2. The van der Waals surface area contributed by atoms with Gasteiger partial charge in [0, 0.05) is 19.2 Å². The Balaban J connectivity index is 1.41. The minimum Gasteiger partial charge on any atom is -0.490 e. The minimum atomic E-state index is -0.123. The SMILES string of the molecule is CN1CCOc2ccc(C(=O)N3CCOC(c4cccc5ccccc45)C3)cc21. The molecule has 0 bridgehead atoms. The highest BCUT2D eigenvalue weighted by Crippen LogP contribution is 2.33. The van der Waals surface area contributed by atoms with Crippen molar-refractivity contribution in [2.24, 2.45) is 0 Å². The maximum Gasteiger partial charge on any atom is 0.254 e. The van der Waals surface area contributed by atoms with Crippen LogP contribution in [0.4, 0.5) is 5.69 Å². The van der Waals surface area contributed by atoms with Gasteiger partial charge >= 0.3 is 0 Å². The number of fused-ring (bicyclic) bond motifs is 2. The number of rotatable bonds is 2. The van der Waals surface area contributed by atoms with Crippen molar-refractivity contribution in [2.75, 3.05) is 44.8 Å². The predicted molar refractivity (Wildman–Crippen MR) is 114 cm³/mol. The average Bonchev–Trinajstić information content (AvgIpc) is 2.78. The van der Waals surface area contributed by atoms with E-state index in [0.29, 0.717) is 31.9 Å². The Hall–Kier alpha value is -3.05. The first-order chi connectivity index (χ1) is 14.2. The van der Waals surface area contributed by atoms with Crippen LogP contribution in [0.25, 0.3) is 10.8 Å². The molecule has 0 N–H and O–H groups in total. The van der Waals surface area contributed by atoms with Gasteiger partial charge in [0.05, 0.1) is 25.4 Å². The second-order valence-electron chi connectivity index (χ2n) is 7.63. The molecule has 2 heterocycles. The Kier molecular flexibility index (Phi) is 4.60. The van der Waals surface area contributed by atoms with Gasteiger partial charge in [0.2, 0.25) is 0 Å². The van der Waals surface area contributed by atoms with Crippen LogP contribution in [-0.4, -0.2) is 50.7 Å². The number of benzene rings is 3. The van der Waals surface area contributed by atoms with Gasteiger partial charge < -0.3 is 19.3 Å². The van der Waals surface area contributed by atoms with E-state index in [4.69, 9.17) is 9.47 Å². The van der Waals surface area contributed by atoms with Crippen molar-refractivity contribution in [3.63, 3.8) is 0 Å². The molecular weight excluding hydrogens is 364 g/mol. The molecule has 0 spiro atoms. The molecule has 2 aliphatic rings. The van der Waals surface area contributed by atoms with Crippen LogP contribution >= 0.6 is 0 Å². The molecule has 5 nitrogen and oxygen atoms in total. The zero-order chi connectivity index (χ0) is 19.8. The molecule has 0 saturated carbocycles. The number of morpholine rings is 1. The molecule has 29 heavy (non-hydrogen) atoms. The third-order valence-corrected chi connectivity index (χ3v) is 5.83. The lowest BCUT2D eigenvalue weighted by Gasteiger charge is -2.34. The van der Waals surface area contributed by atoms with Crippen molar-refractivity contribution in [3.8, 4) is 5.75 Å². The molecule has 2 aliphatic heterocycles. The molecule has 1 fully saturated rings. The van der Waals surface area contributed by atoms with E-state index in [-0.39, 0.29) is 12.0 Å². The minimum absolute atomic E-state index is 0.0420. The fourth-order valence-electron chi connectivity index (χ4n) is 4.22. The summed E-state index contributed by atoms with van der Waals surface area (Å²) in [6.45, 7) is 3.19. The first-order valence-corrected chi connectivity index (χ1v) is 10.1. The van der Waals surface area contributed by atoms with Gasteiger partial charge in [0.25, 0.3) is 5.91 Å². The lowest BCUT2D eigenvalue weighted by atomic mass is 9.99. The number of likely N-dealkylation sites (N-methyl/N-ethyl adjacent to an activating group) is 1. The average molecular weight is 388 g/mol. The number of carbonyl (C=O) groups is 1. The van der Waals surface area contributed by atoms with Crippen molar-refractivity contribution < 1.29 is 14.3 Å². The van der Waals surface area contributed by atoms with E-state index in [1.54, 1.807) is 0 Å². The summed E-state index contributed by atoms with van der Waals surface area (Å²) in [6, 6.07) is 20.3. The standard InChI is InChI=1S/C24H24N2O3/c1-25-11-13-28-22-10-9-18(15-21(22)25)24(27)26-12-14-29-23(16-26)20-8-4-6-17-5-2-3-7-19(17)20/h2-10,15,23H,11-14,16H2,1H3. The number of ether oxygens (including phenoxy) is 2. The van der Waals surface area contributed by atoms with Gasteiger partial charge in [-0.25, -0.2) is 0 Å². The summed E-state index contributed by atoms with van der Waals surface area (Å²) in [5, 5.41) is 2.37. The monoisotopic (exact) mass is 388 g/mol. The third-order valence-electron chi connectivity index (χ3n) is 5.83. The van der Waals surface area contributed by atoms with Crippen LogP contribution < -0.4 is 9.64 Å². The van der Waals surface area contributed by atoms with Gasteiger partial charge in [-0.05, 0) is 34.5 Å². The van der Waals surface area contributed by atoms with Crippen LogP contribution in [0.2, 0.25) is 0 Å². The zero-order valence-electron chi connectivity index (χ0n) is 16.5. The van der Waals surface area contributed by atoms with Gasteiger partial charge in [-0.2, -0.15) is 0 Å². The molecule has 0 aliphatic carbocycles. The molecule has 5 rings (SSSR count). The van der Waals surface area contributed by atoms with Crippen LogP contribution in [0.3, 0.4) is 0 Å². The molecule has 3 aromatic carbocycles. The van der Waals surface area contributed by atoms with E-state index < -0.39 is 0 Å². The number of carbonyl (C=O) groups excluding carboxylic acids is 1. The van der Waals surface area contributed by atoms with Crippen molar-refractivity contribution >= 4 is 22.4 Å². The molecule has 5 heteroatoms. The van der Waals surface area contributed by atoms with Crippen molar-refractivity contribution in [3.05, 3.63) is 71.8 Å². The first-order valence-electron chi connectivity index (χ1n) is 10.1. The summed E-state index contributed by atoms with van der Waals surface area (Å²) < 4.78 is 11.8. The van der Waals surface area contributed by atoms with Crippen LogP contribution in [0, 0.1) is 0 Å². The van der Waals surface area contributed by atoms with Gasteiger partial charge in [-0.3, -0.25) is 4.79 Å². The third kappa shape index (κ3) is 3.32. The number of anilines is 1. The molecular formula is C24H24N2O3. The molecule has 148 valence electrons.